The smallest absolute Gasteiger partial charge is 0.420 e. The number of carbonyl (C=O) groups is 1. The average Bonchev–Trinajstić information content (AvgIpc) is 2.53. The van der Waals surface area contributed by atoms with Gasteiger partial charge in [-0.2, -0.15) is 0 Å². The Hall–Kier alpha value is -2.04. The van der Waals surface area contributed by atoms with Gasteiger partial charge in [-0.25, -0.2) is 4.79 Å². The van der Waals surface area contributed by atoms with Crippen LogP contribution in [0.4, 0.5) is 0 Å². The number of fused-ring (bicyclic) bond motifs is 1. The van der Waals surface area contributed by atoms with Gasteiger partial charge < -0.3 is 9.52 Å². The summed E-state index contributed by atoms with van der Waals surface area (Å²) in [5, 5.41) is 8.80. The van der Waals surface area contributed by atoms with Crippen LogP contribution in [0.5, 0.6) is 0 Å². The van der Waals surface area contributed by atoms with Gasteiger partial charge in [0, 0.05) is 0 Å². The molecule has 2 rings (SSSR count). The predicted molar refractivity (Wildman–Crippen MR) is 66.8 cm³/mol. The van der Waals surface area contributed by atoms with Crippen LogP contribution in [-0.4, -0.2) is 15.6 Å². The van der Waals surface area contributed by atoms with Gasteiger partial charge >= 0.3 is 11.7 Å². The molecule has 0 fully saturated rings. The Morgan fingerprint density at radius 3 is 2.61 bits per heavy atom. The van der Waals surface area contributed by atoms with Crippen molar-refractivity contribution < 1.29 is 14.3 Å². The molecule has 2 aromatic rings. The summed E-state index contributed by atoms with van der Waals surface area (Å²) < 4.78 is 6.14. The molecule has 0 aliphatic carbocycles. The van der Waals surface area contributed by atoms with Crippen molar-refractivity contribution in [3.8, 4) is 0 Å². The van der Waals surface area contributed by atoms with Crippen molar-refractivity contribution in [2.24, 2.45) is 0 Å². The molecule has 96 valence electrons. The van der Waals surface area contributed by atoms with E-state index in [-0.39, 0.29) is 12.0 Å². The lowest BCUT2D eigenvalue weighted by atomic mass is 9.87. The number of aromatic nitrogens is 1. The zero-order valence-corrected chi connectivity index (χ0v) is 10.6. The van der Waals surface area contributed by atoms with E-state index in [1.807, 2.05) is 32.9 Å². The fraction of sp³-hybridized carbons (Fsp3) is 0.385. The summed E-state index contributed by atoms with van der Waals surface area (Å²) >= 11 is 0. The van der Waals surface area contributed by atoms with E-state index in [4.69, 9.17) is 9.52 Å². The molecule has 18 heavy (non-hydrogen) atoms. The third-order valence-electron chi connectivity index (χ3n) is 2.83. The molecule has 0 bridgehead atoms. The third-order valence-corrected chi connectivity index (χ3v) is 2.83. The number of nitrogens with zero attached hydrogens (tertiary/aromatic N) is 1. The van der Waals surface area contributed by atoms with E-state index in [2.05, 4.69) is 0 Å². The van der Waals surface area contributed by atoms with Crippen LogP contribution >= 0.6 is 0 Å². The molecule has 0 unspecified atom stereocenters. The summed E-state index contributed by atoms with van der Waals surface area (Å²) in [4.78, 5) is 22.3. The number of hydrogen-bond donors (Lipinski definition) is 1. The minimum atomic E-state index is -1.07. The van der Waals surface area contributed by atoms with Crippen molar-refractivity contribution in [1.29, 1.82) is 0 Å². The molecule has 0 amide bonds. The number of aliphatic carboxylic acids is 1. The van der Waals surface area contributed by atoms with Crippen LogP contribution < -0.4 is 5.76 Å². The molecule has 1 aromatic carbocycles. The van der Waals surface area contributed by atoms with Crippen molar-refractivity contribution >= 4 is 17.1 Å². The minimum Gasteiger partial charge on any atom is -0.480 e. The van der Waals surface area contributed by atoms with Gasteiger partial charge in [-0.05, 0) is 23.1 Å². The maximum absolute atomic E-state index is 11.6. The lowest BCUT2D eigenvalue weighted by Crippen LogP contribution is -2.19. The summed E-state index contributed by atoms with van der Waals surface area (Å²) in [5.41, 5.74) is 1.88. The van der Waals surface area contributed by atoms with Crippen LogP contribution in [0.2, 0.25) is 0 Å². The maximum Gasteiger partial charge on any atom is 0.420 e. The van der Waals surface area contributed by atoms with Crippen molar-refractivity contribution in [2.75, 3.05) is 0 Å². The third kappa shape index (κ3) is 2.16. The number of rotatable bonds is 2. The summed E-state index contributed by atoms with van der Waals surface area (Å²) in [6, 6.07) is 5.40. The molecular weight excluding hydrogens is 234 g/mol. The van der Waals surface area contributed by atoms with Gasteiger partial charge in [0.1, 0.15) is 6.54 Å². The molecular formula is C13H15NO4. The highest BCUT2D eigenvalue weighted by Crippen LogP contribution is 2.25. The van der Waals surface area contributed by atoms with Crippen LogP contribution in [0, 0.1) is 0 Å². The number of carboxylic acid groups (broad SMARTS) is 1. The van der Waals surface area contributed by atoms with Crippen LogP contribution in [0.3, 0.4) is 0 Å². The second-order valence-electron chi connectivity index (χ2n) is 5.28. The Kier molecular flexibility index (Phi) is 2.77. The Balaban J connectivity index is 2.67. The van der Waals surface area contributed by atoms with E-state index in [0.717, 1.165) is 10.1 Å². The van der Waals surface area contributed by atoms with E-state index in [0.29, 0.717) is 11.1 Å². The Morgan fingerprint density at radius 1 is 1.39 bits per heavy atom. The fourth-order valence-corrected chi connectivity index (χ4v) is 1.81. The number of carboxylic acids is 1. The first-order valence-corrected chi connectivity index (χ1v) is 5.65. The average molecular weight is 249 g/mol. The van der Waals surface area contributed by atoms with E-state index < -0.39 is 11.7 Å². The van der Waals surface area contributed by atoms with Crippen LogP contribution in [0.15, 0.2) is 27.4 Å². The monoisotopic (exact) mass is 249 g/mol. The van der Waals surface area contributed by atoms with E-state index in [1.54, 1.807) is 6.07 Å². The normalized spacial score (nSPS) is 11.9. The van der Waals surface area contributed by atoms with Gasteiger partial charge in [-0.1, -0.05) is 26.8 Å². The summed E-state index contributed by atoms with van der Waals surface area (Å²) in [6.07, 6.45) is 0. The van der Waals surface area contributed by atoms with Crippen molar-refractivity contribution in [2.45, 2.75) is 32.7 Å². The molecule has 5 nitrogen and oxygen atoms in total. The van der Waals surface area contributed by atoms with Crippen LogP contribution in [-0.2, 0) is 16.8 Å². The van der Waals surface area contributed by atoms with Gasteiger partial charge in [0.15, 0.2) is 5.58 Å². The van der Waals surface area contributed by atoms with E-state index in [1.165, 1.54) is 0 Å². The van der Waals surface area contributed by atoms with Crippen molar-refractivity contribution in [3.63, 3.8) is 0 Å². The summed E-state index contributed by atoms with van der Waals surface area (Å²) in [5.74, 6) is -1.71. The highest BCUT2D eigenvalue weighted by atomic mass is 16.4. The van der Waals surface area contributed by atoms with Crippen molar-refractivity contribution in [1.82, 2.24) is 4.57 Å². The molecule has 0 saturated carbocycles. The fourth-order valence-electron chi connectivity index (χ4n) is 1.81. The van der Waals surface area contributed by atoms with Gasteiger partial charge in [0.05, 0.1) is 5.52 Å². The maximum atomic E-state index is 11.6. The minimum absolute atomic E-state index is 0.0738. The SMILES string of the molecule is CC(C)(C)c1ccc2oc(=O)n(CC(=O)O)c2c1. The standard InChI is InChI=1S/C13H15NO4/c1-13(2,3)8-4-5-10-9(6-8)14(7-11(15)16)12(17)18-10/h4-6H,7H2,1-3H3,(H,15,16). The quantitative estimate of drug-likeness (QED) is 0.883. The molecule has 1 heterocycles. The van der Waals surface area contributed by atoms with Crippen LogP contribution in [0.25, 0.3) is 11.1 Å². The molecule has 5 heteroatoms. The highest BCUT2D eigenvalue weighted by Gasteiger charge is 2.17. The van der Waals surface area contributed by atoms with Crippen molar-refractivity contribution in [3.05, 3.63) is 34.3 Å². The number of hydrogen-bond acceptors (Lipinski definition) is 3. The first kappa shape index (κ1) is 12.4. The number of benzene rings is 1. The van der Waals surface area contributed by atoms with Gasteiger partial charge in [-0.15, -0.1) is 0 Å². The summed E-state index contributed by atoms with van der Waals surface area (Å²) in [6.45, 7) is 5.76. The molecule has 1 N–H and O–H groups in total. The lowest BCUT2D eigenvalue weighted by Gasteiger charge is -2.18. The molecule has 0 aliphatic heterocycles. The molecule has 0 aliphatic rings. The Labute approximate surface area is 104 Å². The van der Waals surface area contributed by atoms with Gasteiger partial charge in [0.2, 0.25) is 0 Å². The zero-order valence-electron chi connectivity index (χ0n) is 10.6. The second-order valence-corrected chi connectivity index (χ2v) is 5.28. The molecule has 0 atom stereocenters. The van der Waals surface area contributed by atoms with E-state index in [9.17, 15) is 9.59 Å². The first-order valence-electron chi connectivity index (χ1n) is 5.65. The first-order chi connectivity index (χ1) is 8.29. The second kappa shape index (κ2) is 4.01. The van der Waals surface area contributed by atoms with Crippen LogP contribution in [0.1, 0.15) is 26.3 Å². The van der Waals surface area contributed by atoms with Gasteiger partial charge in [-0.3, -0.25) is 9.36 Å². The molecule has 0 spiro atoms. The Bertz CT molecular complexity index is 658. The predicted octanol–water partition coefficient (Wildman–Crippen LogP) is 1.98. The van der Waals surface area contributed by atoms with E-state index >= 15 is 0 Å². The molecule has 1 aromatic heterocycles. The summed E-state index contributed by atoms with van der Waals surface area (Å²) in [7, 11) is 0. The molecule has 0 saturated heterocycles. The van der Waals surface area contributed by atoms with Gasteiger partial charge in [0.25, 0.3) is 0 Å². The highest BCUT2D eigenvalue weighted by molar-refractivity contribution is 5.76. The largest absolute Gasteiger partial charge is 0.480 e. The number of oxazole rings is 1. The molecule has 0 radical (unpaired) electrons. The lowest BCUT2D eigenvalue weighted by molar-refractivity contribution is -0.137. The zero-order chi connectivity index (χ0) is 13.5. The Morgan fingerprint density at radius 2 is 2.06 bits per heavy atom. The topological polar surface area (TPSA) is 72.4 Å².